The predicted octanol–water partition coefficient (Wildman–Crippen LogP) is 3.00. The summed E-state index contributed by atoms with van der Waals surface area (Å²) in [4.78, 5) is 12.0. The van der Waals surface area contributed by atoms with Crippen LogP contribution in [0.25, 0.3) is 0 Å². The molecule has 0 aliphatic heterocycles. The largest absolute Gasteiger partial charge is 0.322 e. The van der Waals surface area contributed by atoms with Crippen LogP contribution in [0.1, 0.15) is 10.4 Å². The molecule has 0 heterocycles. The number of halogens is 2. The summed E-state index contributed by atoms with van der Waals surface area (Å²) in [7, 11) is -3.90. The third kappa shape index (κ3) is 4.04. The van der Waals surface area contributed by atoms with Gasteiger partial charge in [-0.05, 0) is 42.5 Å². The van der Waals surface area contributed by atoms with Gasteiger partial charge in [-0.25, -0.2) is 13.6 Å². The Balaban J connectivity index is 2.32. The predicted molar refractivity (Wildman–Crippen MR) is 84.9 cm³/mol. The first-order valence-electron chi connectivity index (χ1n) is 5.66. The second-order valence-corrected chi connectivity index (χ2v) is 7.03. The molecular weight excluding hydrogens is 380 g/mol. The first-order chi connectivity index (χ1) is 9.77. The van der Waals surface area contributed by atoms with E-state index in [9.17, 15) is 13.2 Å². The van der Waals surface area contributed by atoms with E-state index in [0.717, 1.165) is 10.5 Å². The molecule has 0 saturated heterocycles. The lowest BCUT2D eigenvalue weighted by Gasteiger charge is -2.08. The van der Waals surface area contributed by atoms with Crippen LogP contribution >= 0.6 is 27.5 Å². The van der Waals surface area contributed by atoms with E-state index in [4.69, 9.17) is 16.7 Å². The zero-order valence-electron chi connectivity index (χ0n) is 10.5. The quantitative estimate of drug-likeness (QED) is 0.845. The molecule has 0 aliphatic rings. The van der Waals surface area contributed by atoms with Gasteiger partial charge in [0.25, 0.3) is 5.91 Å². The van der Waals surface area contributed by atoms with E-state index in [1.54, 1.807) is 24.3 Å². The minimum Gasteiger partial charge on any atom is -0.322 e. The van der Waals surface area contributed by atoms with Gasteiger partial charge >= 0.3 is 0 Å². The molecule has 0 saturated carbocycles. The van der Waals surface area contributed by atoms with Gasteiger partial charge in [-0.1, -0.05) is 27.5 Å². The molecule has 0 unspecified atom stereocenters. The number of primary sulfonamides is 1. The van der Waals surface area contributed by atoms with Gasteiger partial charge in [0.15, 0.2) is 0 Å². The molecular formula is C13H10BrClN2O3S. The Hall–Kier alpha value is -1.41. The van der Waals surface area contributed by atoms with Crippen LogP contribution in [-0.4, -0.2) is 14.3 Å². The summed E-state index contributed by atoms with van der Waals surface area (Å²) in [5.74, 6) is -0.521. The molecule has 2 aromatic rings. The Morgan fingerprint density at radius 2 is 1.76 bits per heavy atom. The molecule has 110 valence electrons. The van der Waals surface area contributed by atoms with Crippen molar-refractivity contribution in [2.75, 3.05) is 5.32 Å². The Morgan fingerprint density at radius 1 is 1.14 bits per heavy atom. The van der Waals surface area contributed by atoms with Crippen molar-refractivity contribution in [1.82, 2.24) is 0 Å². The van der Waals surface area contributed by atoms with Gasteiger partial charge < -0.3 is 5.32 Å². The van der Waals surface area contributed by atoms with Crippen molar-refractivity contribution in [3.63, 3.8) is 0 Å². The number of carbonyl (C=O) groups is 1. The number of carbonyl (C=O) groups excluding carboxylic acids is 1. The van der Waals surface area contributed by atoms with Gasteiger partial charge in [0, 0.05) is 10.2 Å². The lowest BCUT2D eigenvalue weighted by molar-refractivity contribution is 0.102. The van der Waals surface area contributed by atoms with Crippen LogP contribution in [0, 0.1) is 0 Å². The molecule has 21 heavy (non-hydrogen) atoms. The maximum Gasteiger partial charge on any atom is 0.257 e. The highest BCUT2D eigenvalue weighted by Crippen LogP contribution is 2.22. The fraction of sp³-hybridized carbons (Fsp3) is 0. The molecule has 0 radical (unpaired) electrons. The zero-order chi connectivity index (χ0) is 15.6. The highest BCUT2D eigenvalue weighted by molar-refractivity contribution is 9.10. The van der Waals surface area contributed by atoms with E-state index in [1.807, 2.05) is 0 Å². The Morgan fingerprint density at radius 3 is 2.33 bits per heavy atom. The molecule has 0 fully saturated rings. The van der Waals surface area contributed by atoms with Crippen LogP contribution in [0.4, 0.5) is 5.69 Å². The van der Waals surface area contributed by atoms with E-state index in [-0.39, 0.29) is 15.5 Å². The average Bonchev–Trinajstić information content (AvgIpc) is 2.40. The van der Waals surface area contributed by atoms with Gasteiger partial charge in [0.1, 0.15) is 0 Å². The van der Waals surface area contributed by atoms with Crippen molar-refractivity contribution in [1.29, 1.82) is 0 Å². The van der Waals surface area contributed by atoms with E-state index in [0.29, 0.717) is 5.69 Å². The Bertz CT molecular complexity index is 792. The first-order valence-corrected chi connectivity index (χ1v) is 8.38. The highest BCUT2D eigenvalue weighted by atomic mass is 79.9. The highest BCUT2D eigenvalue weighted by Gasteiger charge is 2.16. The summed E-state index contributed by atoms with van der Waals surface area (Å²) < 4.78 is 23.5. The van der Waals surface area contributed by atoms with Gasteiger partial charge in [0.2, 0.25) is 10.0 Å². The van der Waals surface area contributed by atoms with E-state index in [1.165, 1.54) is 12.1 Å². The molecule has 1 amide bonds. The van der Waals surface area contributed by atoms with Crippen LogP contribution in [0.5, 0.6) is 0 Å². The number of amides is 1. The molecule has 2 aromatic carbocycles. The van der Waals surface area contributed by atoms with Gasteiger partial charge in [-0.2, -0.15) is 0 Å². The molecule has 0 atom stereocenters. The van der Waals surface area contributed by atoms with Crippen molar-refractivity contribution in [2.24, 2.45) is 5.14 Å². The lowest BCUT2D eigenvalue weighted by Crippen LogP contribution is -2.16. The minimum atomic E-state index is -3.90. The fourth-order valence-electron chi connectivity index (χ4n) is 1.59. The third-order valence-corrected chi connectivity index (χ3v) is 4.38. The zero-order valence-corrected chi connectivity index (χ0v) is 13.7. The molecule has 5 nitrogen and oxygen atoms in total. The van der Waals surface area contributed by atoms with Crippen molar-refractivity contribution in [3.05, 3.63) is 57.5 Å². The number of nitrogens with one attached hydrogen (secondary N) is 1. The monoisotopic (exact) mass is 388 g/mol. The smallest absolute Gasteiger partial charge is 0.257 e. The first kappa shape index (κ1) is 16.0. The Kier molecular flexibility index (Phi) is 4.67. The second-order valence-electron chi connectivity index (χ2n) is 4.15. The van der Waals surface area contributed by atoms with Crippen molar-refractivity contribution in [2.45, 2.75) is 4.90 Å². The van der Waals surface area contributed by atoms with Crippen molar-refractivity contribution >= 4 is 49.1 Å². The standard InChI is InChI=1S/C13H10BrClN2O3S/c14-8-1-3-9(4-2-8)17-13(18)11-7-10(21(16,19)20)5-6-12(11)15/h1-7H,(H,17,18)(H2,16,19,20). The SMILES string of the molecule is NS(=O)(=O)c1ccc(Cl)c(C(=O)Nc2ccc(Br)cc2)c1. The molecule has 0 spiro atoms. The molecule has 3 N–H and O–H groups in total. The maximum absolute atomic E-state index is 12.2. The number of nitrogens with two attached hydrogens (primary N) is 1. The van der Waals surface area contributed by atoms with E-state index in [2.05, 4.69) is 21.2 Å². The minimum absolute atomic E-state index is 0.0334. The molecule has 0 aliphatic carbocycles. The van der Waals surface area contributed by atoms with E-state index >= 15 is 0 Å². The Labute approximate surface area is 135 Å². The topological polar surface area (TPSA) is 89.3 Å². The molecule has 0 aromatic heterocycles. The van der Waals surface area contributed by atoms with Crippen LogP contribution in [0.15, 0.2) is 51.8 Å². The van der Waals surface area contributed by atoms with Crippen molar-refractivity contribution in [3.8, 4) is 0 Å². The number of anilines is 1. The number of rotatable bonds is 3. The number of benzene rings is 2. The molecule has 8 heteroatoms. The average molecular weight is 390 g/mol. The third-order valence-electron chi connectivity index (χ3n) is 2.61. The van der Waals surface area contributed by atoms with E-state index < -0.39 is 15.9 Å². The van der Waals surface area contributed by atoms with Gasteiger partial charge in [-0.15, -0.1) is 0 Å². The lowest BCUT2D eigenvalue weighted by atomic mass is 10.2. The van der Waals surface area contributed by atoms with Crippen LogP contribution in [0.3, 0.4) is 0 Å². The summed E-state index contributed by atoms with van der Waals surface area (Å²) in [6, 6.07) is 10.6. The number of hydrogen-bond donors (Lipinski definition) is 2. The summed E-state index contributed by atoms with van der Waals surface area (Å²) >= 11 is 9.21. The van der Waals surface area contributed by atoms with Crippen molar-refractivity contribution < 1.29 is 13.2 Å². The van der Waals surface area contributed by atoms with Gasteiger partial charge in [-0.3, -0.25) is 4.79 Å². The summed E-state index contributed by atoms with van der Waals surface area (Å²) in [5, 5.41) is 7.80. The summed E-state index contributed by atoms with van der Waals surface area (Å²) in [6.07, 6.45) is 0. The van der Waals surface area contributed by atoms with Crippen LogP contribution in [0.2, 0.25) is 5.02 Å². The number of sulfonamides is 1. The summed E-state index contributed by atoms with van der Waals surface area (Å²) in [6.45, 7) is 0. The fourth-order valence-corrected chi connectivity index (χ4v) is 2.59. The molecule has 0 bridgehead atoms. The van der Waals surface area contributed by atoms with Crippen LogP contribution in [-0.2, 0) is 10.0 Å². The normalized spacial score (nSPS) is 11.2. The maximum atomic E-state index is 12.2. The van der Waals surface area contributed by atoms with Crippen LogP contribution < -0.4 is 10.5 Å². The summed E-state index contributed by atoms with van der Waals surface area (Å²) in [5.41, 5.74) is 0.589. The van der Waals surface area contributed by atoms with Gasteiger partial charge in [0.05, 0.1) is 15.5 Å². The number of hydrogen-bond acceptors (Lipinski definition) is 3. The molecule has 2 rings (SSSR count). The second kappa shape index (κ2) is 6.15.